The molecule has 0 unspecified atom stereocenters. The monoisotopic (exact) mass is 354 g/mol. The molecule has 1 amide bonds. The number of nitrogens with one attached hydrogen (secondary N) is 1. The Hall–Kier alpha value is -2.40. The first-order valence-electron chi connectivity index (χ1n) is 9.18. The number of rotatable bonds is 4. The molecule has 0 bridgehead atoms. The Kier molecular flexibility index (Phi) is 4.64. The van der Waals surface area contributed by atoms with Gasteiger partial charge in [0.05, 0.1) is 18.6 Å². The van der Waals surface area contributed by atoms with Crippen molar-refractivity contribution in [1.29, 1.82) is 0 Å². The third kappa shape index (κ3) is 3.19. The van der Waals surface area contributed by atoms with Crippen molar-refractivity contribution in [2.24, 2.45) is 0 Å². The highest BCUT2D eigenvalue weighted by Crippen LogP contribution is 2.44. The van der Waals surface area contributed by atoms with Gasteiger partial charge in [0.15, 0.2) is 0 Å². The molecule has 0 spiro atoms. The van der Waals surface area contributed by atoms with Crippen LogP contribution in [-0.2, 0) is 14.9 Å². The Morgan fingerprint density at radius 3 is 2.23 bits per heavy atom. The second-order valence-corrected chi connectivity index (χ2v) is 7.04. The third-order valence-electron chi connectivity index (χ3n) is 5.54. The van der Waals surface area contributed by atoms with E-state index in [4.69, 9.17) is 4.74 Å². The molecule has 2 aromatic carbocycles. The maximum absolute atomic E-state index is 13.2. The number of hydrogen-bond acceptors (Lipinski definition) is 3. The summed E-state index contributed by atoms with van der Waals surface area (Å²) in [6.07, 6.45) is 2.62. The summed E-state index contributed by atoms with van der Waals surface area (Å²) in [6, 6.07) is 14.3. The third-order valence-corrected chi connectivity index (χ3v) is 5.54. The molecular formula is C21H23FN2O2. The number of anilines is 2. The lowest BCUT2D eigenvalue weighted by Crippen LogP contribution is -2.46. The number of ether oxygens (including phenoxy) is 1. The molecule has 0 atom stereocenters. The Balaban J connectivity index is 1.47. The molecule has 1 aliphatic carbocycles. The van der Waals surface area contributed by atoms with Gasteiger partial charge in [0.1, 0.15) is 5.82 Å². The fourth-order valence-corrected chi connectivity index (χ4v) is 3.77. The van der Waals surface area contributed by atoms with E-state index in [9.17, 15) is 9.18 Å². The summed E-state index contributed by atoms with van der Waals surface area (Å²) in [6.45, 7) is 3.27. The number of morpholine rings is 1. The van der Waals surface area contributed by atoms with Crippen molar-refractivity contribution < 1.29 is 13.9 Å². The number of amides is 1. The van der Waals surface area contributed by atoms with Gasteiger partial charge in [-0.2, -0.15) is 0 Å². The van der Waals surface area contributed by atoms with E-state index in [1.54, 1.807) is 12.1 Å². The topological polar surface area (TPSA) is 41.6 Å². The lowest BCUT2D eigenvalue weighted by atomic mass is 9.64. The van der Waals surface area contributed by atoms with E-state index < -0.39 is 5.41 Å². The molecule has 5 heteroatoms. The smallest absolute Gasteiger partial charge is 0.235 e. The van der Waals surface area contributed by atoms with Gasteiger partial charge < -0.3 is 15.0 Å². The van der Waals surface area contributed by atoms with E-state index in [-0.39, 0.29) is 11.7 Å². The van der Waals surface area contributed by atoms with Gasteiger partial charge in [-0.3, -0.25) is 4.79 Å². The second-order valence-electron chi connectivity index (χ2n) is 7.04. The minimum absolute atomic E-state index is 0.00511. The van der Waals surface area contributed by atoms with Crippen molar-refractivity contribution in [2.75, 3.05) is 36.5 Å². The van der Waals surface area contributed by atoms with Crippen LogP contribution in [-0.4, -0.2) is 32.2 Å². The van der Waals surface area contributed by atoms with Crippen LogP contribution in [0.3, 0.4) is 0 Å². The van der Waals surface area contributed by atoms with Gasteiger partial charge in [-0.1, -0.05) is 18.6 Å². The Morgan fingerprint density at radius 2 is 1.65 bits per heavy atom. The summed E-state index contributed by atoms with van der Waals surface area (Å²) < 4.78 is 18.6. The van der Waals surface area contributed by atoms with Crippen molar-refractivity contribution in [1.82, 2.24) is 0 Å². The number of carbonyl (C=O) groups excluding carboxylic acids is 1. The normalized spacial score (nSPS) is 18.9. The Labute approximate surface area is 153 Å². The van der Waals surface area contributed by atoms with Crippen molar-refractivity contribution in [3.63, 3.8) is 0 Å². The predicted octanol–water partition coefficient (Wildman–Crippen LogP) is 3.72. The molecule has 1 saturated carbocycles. The first kappa shape index (κ1) is 17.0. The van der Waals surface area contributed by atoms with Gasteiger partial charge in [-0.15, -0.1) is 0 Å². The largest absolute Gasteiger partial charge is 0.378 e. The SMILES string of the molecule is O=C(Nc1ccc(N2CCOCC2)cc1)C1(c2ccc(F)cc2)CCC1. The second kappa shape index (κ2) is 7.08. The molecule has 1 saturated heterocycles. The van der Waals surface area contributed by atoms with Crippen molar-refractivity contribution in [3.8, 4) is 0 Å². The average Bonchev–Trinajstić information content (AvgIpc) is 2.64. The summed E-state index contributed by atoms with van der Waals surface area (Å²) in [5.74, 6) is -0.281. The highest BCUT2D eigenvalue weighted by molar-refractivity contribution is 6.00. The van der Waals surface area contributed by atoms with Gasteiger partial charge in [0, 0.05) is 24.5 Å². The number of benzene rings is 2. The van der Waals surface area contributed by atoms with Crippen LogP contribution in [0.15, 0.2) is 48.5 Å². The lowest BCUT2D eigenvalue weighted by molar-refractivity contribution is -0.124. The van der Waals surface area contributed by atoms with Gasteiger partial charge >= 0.3 is 0 Å². The van der Waals surface area contributed by atoms with E-state index in [0.29, 0.717) is 0 Å². The minimum atomic E-state index is -0.531. The zero-order chi connectivity index (χ0) is 18.0. The predicted molar refractivity (Wildman–Crippen MR) is 100 cm³/mol. The van der Waals surface area contributed by atoms with E-state index in [0.717, 1.165) is 62.5 Å². The van der Waals surface area contributed by atoms with Crippen molar-refractivity contribution >= 4 is 17.3 Å². The van der Waals surface area contributed by atoms with Gasteiger partial charge in [0.25, 0.3) is 0 Å². The zero-order valence-corrected chi connectivity index (χ0v) is 14.7. The van der Waals surface area contributed by atoms with E-state index >= 15 is 0 Å². The van der Waals surface area contributed by atoms with Gasteiger partial charge in [-0.25, -0.2) is 4.39 Å². The van der Waals surface area contributed by atoms with Crippen LogP contribution in [0.25, 0.3) is 0 Å². The highest BCUT2D eigenvalue weighted by atomic mass is 19.1. The standard InChI is InChI=1S/C21H23FN2O2/c22-17-4-2-16(3-5-17)21(10-1-11-21)20(25)23-18-6-8-19(9-7-18)24-12-14-26-15-13-24/h2-9H,1,10-15H2,(H,23,25). The van der Waals surface area contributed by atoms with Crippen LogP contribution in [0.5, 0.6) is 0 Å². The Morgan fingerprint density at radius 1 is 1.00 bits per heavy atom. The van der Waals surface area contributed by atoms with Crippen LogP contribution >= 0.6 is 0 Å². The van der Waals surface area contributed by atoms with E-state index in [1.807, 2.05) is 24.3 Å². The van der Waals surface area contributed by atoms with Gasteiger partial charge in [0.2, 0.25) is 5.91 Å². The fourth-order valence-electron chi connectivity index (χ4n) is 3.77. The molecule has 1 N–H and O–H groups in total. The molecular weight excluding hydrogens is 331 g/mol. The summed E-state index contributed by atoms with van der Waals surface area (Å²) >= 11 is 0. The van der Waals surface area contributed by atoms with Crippen molar-refractivity contribution in [3.05, 3.63) is 59.9 Å². The minimum Gasteiger partial charge on any atom is -0.378 e. The molecule has 0 aromatic heterocycles. The molecule has 4 nitrogen and oxygen atoms in total. The number of carbonyl (C=O) groups is 1. The summed E-state index contributed by atoms with van der Waals surface area (Å²) in [4.78, 5) is 15.2. The molecule has 1 heterocycles. The van der Waals surface area contributed by atoms with Crippen LogP contribution in [0, 0.1) is 5.82 Å². The summed E-state index contributed by atoms with van der Waals surface area (Å²) in [7, 11) is 0. The van der Waals surface area contributed by atoms with Crippen LogP contribution < -0.4 is 10.2 Å². The Bertz CT molecular complexity index is 764. The van der Waals surface area contributed by atoms with Crippen LogP contribution in [0.1, 0.15) is 24.8 Å². The molecule has 4 rings (SSSR count). The van der Waals surface area contributed by atoms with Crippen LogP contribution in [0.4, 0.5) is 15.8 Å². The first-order chi connectivity index (χ1) is 12.7. The maximum Gasteiger partial charge on any atom is 0.235 e. The fraction of sp³-hybridized carbons (Fsp3) is 0.381. The number of nitrogens with zero attached hydrogens (tertiary/aromatic N) is 1. The first-order valence-corrected chi connectivity index (χ1v) is 9.18. The highest BCUT2D eigenvalue weighted by Gasteiger charge is 2.45. The molecule has 0 radical (unpaired) electrons. The molecule has 2 aromatic rings. The van der Waals surface area contributed by atoms with Crippen LogP contribution in [0.2, 0.25) is 0 Å². The maximum atomic E-state index is 13.2. The molecule has 2 fully saturated rings. The molecule has 1 aliphatic heterocycles. The lowest BCUT2D eigenvalue weighted by Gasteiger charge is -2.40. The van der Waals surface area contributed by atoms with Gasteiger partial charge in [-0.05, 0) is 54.8 Å². The zero-order valence-electron chi connectivity index (χ0n) is 14.7. The molecule has 26 heavy (non-hydrogen) atoms. The molecule has 136 valence electrons. The summed E-state index contributed by atoms with van der Waals surface area (Å²) in [5, 5.41) is 3.05. The number of halogens is 1. The number of hydrogen-bond donors (Lipinski definition) is 1. The van der Waals surface area contributed by atoms with E-state index in [1.165, 1.54) is 12.1 Å². The van der Waals surface area contributed by atoms with E-state index in [2.05, 4.69) is 10.2 Å². The quantitative estimate of drug-likeness (QED) is 0.910. The molecule has 2 aliphatic rings. The summed E-state index contributed by atoms with van der Waals surface area (Å²) in [5.41, 5.74) is 2.30. The average molecular weight is 354 g/mol. The van der Waals surface area contributed by atoms with Crippen molar-refractivity contribution in [2.45, 2.75) is 24.7 Å².